The fourth-order valence-electron chi connectivity index (χ4n) is 2.74. The lowest BCUT2D eigenvalue weighted by Crippen LogP contribution is -2.44. The second kappa shape index (κ2) is 6.73. The molecule has 1 aromatic rings. The number of benzene rings is 1. The van der Waals surface area contributed by atoms with E-state index in [4.69, 9.17) is 22.7 Å². The summed E-state index contributed by atoms with van der Waals surface area (Å²) in [5, 5.41) is 10.2. The van der Waals surface area contributed by atoms with Gasteiger partial charge < -0.3 is 15.6 Å². The van der Waals surface area contributed by atoms with Crippen molar-refractivity contribution in [1.29, 1.82) is 0 Å². The molecule has 3 N–H and O–H groups in total. The van der Waals surface area contributed by atoms with E-state index in [9.17, 15) is 5.11 Å². The van der Waals surface area contributed by atoms with Gasteiger partial charge in [0.2, 0.25) is 0 Å². The van der Waals surface area contributed by atoms with E-state index in [1.54, 1.807) is 6.07 Å². The molecule has 1 aliphatic heterocycles. The van der Waals surface area contributed by atoms with Crippen LogP contribution in [0.25, 0.3) is 0 Å². The molecular weight excluding hydrogens is 284 g/mol. The third kappa shape index (κ3) is 4.40. The number of hydrogen-bond donors (Lipinski definition) is 2. The van der Waals surface area contributed by atoms with Crippen LogP contribution in [-0.2, 0) is 0 Å². The van der Waals surface area contributed by atoms with Crippen molar-refractivity contribution in [3.63, 3.8) is 0 Å². The molecule has 1 aromatic carbocycles. The number of ether oxygens (including phenoxy) is 1. The Morgan fingerprint density at radius 2 is 2.29 bits per heavy atom. The zero-order valence-corrected chi connectivity index (χ0v) is 13.5. The molecule has 5 heteroatoms. The summed E-state index contributed by atoms with van der Waals surface area (Å²) < 4.78 is 5.65. The molecule has 1 atom stereocenters. The fourth-order valence-corrected chi connectivity index (χ4v) is 2.87. The summed E-state index contributed by atoms with van der Waals surface area (Å²) in [4.78, 5) is 2.67. The van der Waals surface area contributed by atoms with Gasteiger partial charge in [0.05, 0.1) is 0 Å². The van der Waals surface area contributed by atoms with Crippen molar-refractivity contribution in [2.75, 3.05) is 19.7 Å². The lowest BCUT2D eigenvalue weighted by atomic mass is 10.0. The van der Waals surface area contributed by atoms with Gasteiger partial charge in [0, 0.05) is 17.6 Å². The summed E-state index contributed by atoms with van der Waals surface area (Å²) in [6.07, 6.45) is 1.86. The van der Waals surface area contributed by atoms with Crippen LogP contribution < -0.4 is 10.5 Å². The minimum atomic E-state index is -0.504. The number of nitrogens with zero attached hydrogens (tertiary/aromatic N) is 1. The third-order valence-corrected chi connectivity index (χ3v) is 4.30. The summed E-state index contributed by atoms with van der Waals surface area (Å²) in [5.74, 6) is 0.681. The second-order valence-electron chi connectivity index (χ2n) is 6.22. The molecule has 0 saturated carbocycles. The normalized spacial score (nSPS) is 19.4. The van der Waals surface area contributed by atoms with Crippen LogP contribution in [0.15, 0.2) is 24.3 Å². The molecule has 1 heterocycles. The first-order valence-corrected chi connectivity index (χ1v) is 7.75. The van der Waals surface area contributed by atoms with Crippen LogP contribution in [0.2, 0.25) is 0 Å². The van der Waals surface area contributed by atoms with Gasteiger partial charge in [-0.25, -0.2) is 0 Å². The van der Waals surface area contributed by atoms with Gasteiger partial charge in [-0.3, -0.25) is 4.90 Å². The van der Waals surface area contributed by atoms with Gasteiger partial charge in [0.1, 0.15) is 23.4 Å². The van der Waals surface area contributed by atoms with Crippen LogP contribution in [0.1, 0.15) is 32.3 Å². The molecule has 1 aliphatic rings. The van der Waals surface area contributed by atoms with Gasteiger partial charge in [-0.2, -0.15) is 0 Å². The Kier molecular flexibility index (Phi) is 5.19. The largest absolute Gasteiger partial charge is 0.491 e. The monoisotopic (exact) mass is 308 g/mol. The van der Waals surface area contributed by atoms with E-state index in [0.717, 1.165) is 12.1 Å². The van der Waals surface area contributed by atoms with Crippen LogP contribution in [0, 0.1) is 0 Å². The van der Waals surface area contributed by atoms with Gasteiger partial charge in [0.15, 0.2) is 0 Å². The van der Waals surface area contributed by atoms with Gasteiger partial charge in [-0.1, -0.05) is 24.4 Å². The maximum Gasteiger partial charge on any atom is 0.120 e. The van der Waals surface area contributed by atoms with Gasteiger partial charge >= 0.3 is 0 Å². The van der Waals surface area contributed by atoms with E-state index >= 15 is 0 Å². The SMILES string of the molecule is CC1(C)CCCN1CC(O)COc1cccc(C(N)=S)c1. The Hall–Kier alpha value is -1.17. The van der Waals surface area contributed by atoms with Crippen molar-refractivity contribution >= 4 is 17.2 Å². The molecule has 21 heavy (non-hydrogen) atoms. The average Bonchev–Trinajstić information content (AvgIpc) is 2.76. The van der Waals surface area contributed by atoms with Crippen molar-refractivity contribution in [3.05, 3.63) is 29.8 Å². The zero-order chi connectivity index (χ0) is 15.5. The number of rotatable bonds is 6. The maximum atomic E-state index is 10.2. The minimum Gasteiger partial charge on any atom is -0.491 e. The standard InChI is InChI=1S/C16H24N2O2S/c1-16(2)7-4-8-18(16)10-13(19)11-20-14-6-3-5-12(9-14)15(17)21/h3,5-6,9,13,19H,4,7-8,10-11H2,1-2H3,(H2,17,21). The average molecular weight is 308 g/mol. The van der Waals surface area contributed by atoms with Crippen molar-refractivity contribution < 1.29 is 9.84 Å². The highest BCUT2D eigenvalue weighted by molar-refractivity contribution is 7.80. The summed E-state index contributed by atoms with van der Waals surface area (Å²) in [6, 6.07) is 7.33. The number of hydrogen-bond acceptors (Lipinski definition) is 4. The number of thiocarbonyl (C=S) groups is 1. The molecule has 0 bridgehead atoms. The predicted molar refractivity (Wildman–Crippen MR) is 88.7 cm³/mol. The van der Waals surface area contributed by atoms with E-state index in [1.807, 2.05) is 18.2 Å². The summed E-state index contributed by atoms with van der Waals surface area (Å²) in [5.41, 5.74) is 6.55. The van der Waals surface area contributed by atoms with Crippen molar-refractivity contribution in [2.24, 2.45) is 5.73 Å². The zero-order valence-electron chi connectivity index (χ0n) is 12.7. The Morgan fingerprint density at radius 3 is 2.90 bits per heavy atom. The highest BCUT2D eigenvalue weighted by Crippen LogP contribution is 2.28. The van der Waals surface area contributed by atoms with E-state index in [1.165, 1.54) is 12.8 Å². The molecule has 0 amide bonds. The predicted octanol–water partition coefficient (Wildman–Crippen LogP) is 1.93. The van der Waals surface area contributed by atoms with Crippen LogP contribution in [0.4, 0.5) is 0 Å². The first kappa shape index (κ1) is 16.2. The lowest BCUT2D eigenvalue weighted by molar-refractivity contribution is 0.0464. The number of aliphatic hydroxyl groups excluding tert-OH is 1. The van der Waals surface area contributed by atoms with Crippen molar-refractivity contribution in [1.82, 2.24) is 4.90 Å². The first-order valence-electron chi connectivity index (χ1n) is 7.34. The van der Waals surface area contributed by atoms with E-state index in [-0.39, 0.29) is 12.1 Å². The molecule has 0 aliphatic carbocycles. The number of nitrogens with two attached hydrogens (primary N) is 1. The molecule has 0 aromatic heterocycles. The Morgan fingerprint density at radius 1 is 1.52 bits per heavy atom. The molecule has 2 rings (SSSR count). The minimum absolute atomic E-state index is 0.173. The molecule has 1 saturated heterocycles. The van der Waals surface area contributed by atoms with Gasteiger partial charge in [-0.15, -0.1) is 0 Å². The smallest absolute Gasteiger partial charge is 0.120 e. The topological polar surface area (TPSA) is 58.7 Å². The van der Waals surface area contributed by atoms with Crippen molar-refractivity contribution in [3.8, 4) is 5.75 Å². The quantitative estimate of drug-likeness (QED) is 0.787. The lowest BCUT2D eigenvalue weighted by Gasteiger charge is -2.33. The van der Waals surface area contributed by atoms with Crippen LogP contribution in [-0.4, -0.2) is 46.3 Å². The molecule has 1 fully saturated rings. The van der Waals surface area contributed by atoms with Gasteiger partial charge in [0.25, 0.3) is 0 Å². The molecule has 4 nitrogen and oxygen atoms in total. The van der Waals surface area contributed by atoms with E-state index < -0.39 is 6.10 Å². The Bertz CT molecular complexity index is 505. The van der Waals surface area contributed by atoms with Gasteiger partial charge in [-0.05, 0) is 45.4 Å². The molecule has 1 unspecified atom stereocenters. The Balaban J connectivity index is 1.85. The highest BCUT2D eigenvalue weighted by atomic mass is 32.1. The first-order chi connectivity index (χ1) is 9.88. The fraction of sp³-hybridized carbons (Fsp3) is 0.562. The molecular formula is C16H24N2O2S. The Labute approximate surface area is 131 Å². The van der Waals surface area contributed by atoms with Crippen LogP contribution >= 0.6 is 12.2 Å². The third-order valence-electron chi connectivity index (χ3n) is 4.06. The molecule has 116 valence electrons. The molecule has 0 radical (unpaired) electrons. The van der Waals surface area contributed by atoms with Crippen LogP contribution in [0.3, 0.4) is 0 Å². The van der Waals surface area contributed by atoms with Crippen LogP contribution in [0.5, 0.6) is 5.75 Å². The maximum absolute atomic E-state index is 10.2. The summed E-state index contributed by atoms with van der Waals surface area (Å²) >= 11 is 4.94. The number of aliphatic hydroxyl groups is 1. The molecule has 0 spiro atoms. The van der Waals surface area contributed by atoms with E-state index in [0.29, 0.717) is 17.3 Å². The summed E-state index contributed by atoms with van der Waals surface area (Å²) in [7, 11) is 0. The highest BCUT2D eigenvalue weighted by Gasteiger charge is 2.32. The number of likely N-dealkylation sites (tertiary alicyclic amines) is 1. The number of β-amino-alcohol motifs (C(OH)–C–C–N with tert-alkyl or cyclic N) is 1. The van der Waals surface area contributed by atoms with E-state index in [2.05, 4.69) is 18.7 Å². The van der Waals surface area contributed by atoms with Crippen molar-refractivity contribution in [2.45, 2.75) is 38.3 Å². The summed E-state index contributed by atoms with van der Waals surface area (Å²) in [6.45, 7) is 6.40. The second-order valence-corrected chi connectivity index (χ2v) is 6.66.